The normalized spacial score (nSPS) is 21.7. The molecule has 102 valence electrons. The van der Waals surface area contributed by atoms with Crippen LogP contribution < -0.4 is 11.5 Å². The van der Waals surface area contributed by atoms with Gasteiger partial charge in [0, 0.05) is 25.6 Å². The van der Waals surface area contributed by atoms with Gasteiger partial charge in [-0.25, -0.2) is 4.79 Å². The highest BCUT2D eigenvalue weighted by atomic mass is 16.5. The molecule has 1 saturated heterocycles. The molecule has 0 saturated carbocycles. The van der Waals surface area contributed by atoms with E-state index in [9.17, 15) is 4.79 Å². The molecule has 3 rings (SSSR count). The predicted octanol–water partition coefficient (Wildman–Crippen LogP) is 1.56. The highest BCUT2D eigenvalue weighted by Gasteiger charge is 2.23. The van der Waals surface area contributed by atoms with Gasteiger partial charge >= 0.3 is 5.76 Å². The molecule has 1 aromatic heterocycles. The van der Waals surface area contributed by atoms with E-state index in [1.54, 1.807) is 7.05 Å². The fraction of sp³-hybridized carbons (Fsp3) is 0.500. The number of oxazole rings is 1. The molecule has 0 spiro atoms. The highest BCUT2D eigenvalue weighted by Crippen LogP contribution is 2.28. The number of hydrogen-bond acceptors (Lipinski definition) is 4. The van der Waals surface area contributed by atoms with Crippen LogP contribution in [0.2, 0.25) is 0 Å². The zero-order valence-corrected chi connectivity index (χ0v) is 11.0. The molecule has 0 amide bonds. The first-order valence-electron chi connectivity index (χ1n) is 6.59. The van der Waals surface area contributed by atoms with Gasteiger partial charge in [0.1, 0.15) is 0 Å². The van der Waals surface area contributed by atoms with E-state index in [0.29, 0.717) is 18.1 Å². The molecule has 1 aromatic carbocycles. The molecule has 5 nitrogen and oxygen atoms in total. The van der Waals surface area contributed by atoms with Crippen molar-refractivity contribution in [3.05, 3.63) is 34.3 Å². The molecule has 0 aliphatic carbocycles. The molecule has 2 heterocycles. The minimum Gasteiger partial charge on any atom is -0.408 e. The molecule has 1 fully saturated rings. The van der Waals surface area contributed by atoms with Crippen LogP contribution in [0.25, 0.3) is 11.1 Å². The van der Waals surface area contributed by atoms with E-state index >= 15 is 0 Å². The van der Waals surface area contributed by atoms with Crippen molar-refractivity contribution in [1.29, 1.82) is 0 Å². The standard InChI is InChI=1S/C14H18N2O3/c1-16-11-5-4-9(7-12(11)19-14(16)17)13(15)10-3-2-6-18-8-10/h4-5,7,10,13H,2-3,6,8,15H2,1H3. The Hall–Kier alpha value is -1.59. The molecular formula is C14H18N2O3. The van der Waals surface area contributed by atoms with E-state index in [1.165, 1.54) is 4.57 Å². The van der Waals surface area contributed by atoms with Crippen molar-refractivity contribution in [2.75, 3.05) is 13.2 Å². The first-order chi connectivity index (χ1) is 9.16. The van der Waals surface area contributed by atoms with Crippen molar-refractivity contribution < 1.29 is 9.15 Å². The van der Waals surface area contributed by atoms with Crippen LogP contribution in [-0.2, 0) is 11.8 Å². The third-order valence-electron chi connectivity index (χ3n) is 3.90. The summed E-state index contributed by atoms with van der Waals surface area (Å²) in [6.07, 6.45) is 2.14. The van der Waals surface area contributed by atoms with Crippen LogP contribution in [0.1, 0.15) is 24.4 Å². The number of benzene rings is 1. The minimum absolute atomic E-state index is 0.0739. The predicted molar refractivity (Wildman–Crippen MR) is 71.9 cm³/mol. The molecule has 2 atom stereocenters. The number of aryl methyl sites for hydroxylation is 1. The Morgan fingerprint density at radius 1 is 1.47 bits per heavy atom. The molecule has 1 aliphatic rings. The number of ether oxygens (including phenoxy) is 1. The van der Waals surface area contributed by atoms with Crippen molar-refractivity contribution in [1.82, 2.24) is 4.57 Å². The molecule has 0 radical (unpaired) electrons. The van der Waals surface area contributed by atoms with E-state index in [-0.39, 0.29) is 11.8 Å². The summed E-state index contributed by atoms with van der Waals surface area (Å²) in [7, 11) is 1.70. The largest absolute Gasteiger partial charge is 0.419 e. The van der Waals surface area contributed by atoms with Crippen LogP contribution in [0.3, 0.4) is 0 Å². The second-order valence-corrected chi connectivity index (χ2v) is 5.16. The molecule has 19 heavy (non-hydrogen) atoms. The Morgan fingerprint density at radius 2 is 2.32 bits per heavy atom. The fourth-order valence-corrected chi connectivity index (χ4v) is 2.68. The van der Waals surface area contributed by atoms with Gasteiger partial charge in [-0.3, -0.25) is 4.57 Å². The number of hydrogen-bond donors (Lipinski definition) is 1. The summed E-state index contributed by atoms with van der Waals surface area (Å²) in [5.41, 5.74) is 8.68. The summed E-state index contributed by atoms with van der Waals surface area (Å²) in [4.78, 5) is 11.5. The second-order valence-electron chi connectivity index (χ2n) is 5.16. The van der Waals surface area contributed by atoms with Crippen LogP contribution in [-0.4, -0.2) is 17.8 Å². The summed E-state index contributed by atoms with van der Waals surface area (Å²) >= 11 is 0. The summed E-state index contributed by atoms with van der Waals surface area (Å²) in [6, 6.07) is 5.65. The average Bonchev–Trinajstić information content (AvgIpc) is 2.74. The first kappa shape index (κ1) is 12.4. The van der Waals surface area contributed by atoms with Crippen molar-refractivity contribution >= 4 is 11.1 Å². The van der Waals surface area contributed by atoms with Crippen LogP contribution in [0.4, 0.5) is 0 Å². The number of fused-ring (bicyclic) bond motifs is 1. The van der Waals surface area contributed by atoms with E-state index in [4.69, 9.17) is 14.9 Å². The molecular weight excluding hydrogens is 244 g/mol. The van der Waals surface area contributed by atoms with Gasteiger partial charge in [0.2, 0.25) is 0 Å². The Bertz CT molecular complexity index is 638. The summed E-state index contributed by atoms with van der Waals surface area (Å²) in [5.74, 6) is -0.0108. The maximum atomic E-state index is 11.5. The van der Waals surface area contributed by atoms with Crippen LogP contribution in [0.15, 0.2) is 27.4 Å². The van der Waals surface area contributed by atoms with E-state index in [2.05, 4.69) is 0 Å². The van der Waals surface area contributed by atoms with Crippen molar-refractivity contribution in [3.63, 3.8) is 0 Å². The number of nitrogens with two attached hydrogens (primary N) is 1. The van der Waals surface area contributed by atoms with Gasteiger partial charge in [0.05, 0.1) is 12.1 Å². The quantitative estimate of drug-likeness (QED) is 0.891. The van der Waals surface area contributed by atoms with Crippen LogP contribution in [0.5, 0.6) is 0 Å². The van der Waals surface area contributed by atoms with Gasteiger partial charge in [0.15, 0.2) is 5.58 Å². The lowest BCUT2D eigenvalue weighted by molar-refractivity contribution is 0.0448. The zero-order valence-electron chi connectivity index (χ0n) is 11.0. The molecule has 2 N–H and O–H groups in total. The fourth-order valence-electron chi connectivity index (χ4n) is 2.68. The average molecular weight is 262 g/mol. The molecule has 2 aromatic rings. The Labute approximate surface area is 111 Å². The summed E-state index contributed by atoms with van der Waals surface area (Å²) in [6.45, 7) is 1.54. The summed E-state index contributed by atoms with van der Waals surface area (Å²) < 4.78 is 12.2. The van der Waals surface area contributed by atoms with Crippen molar-refractivity contribution in [2.45, 2.75) is 18.9 Å². The summed E-state index contributed by atoms with van der Waals surface area (Å²) in [5, 5.41) is 0. The van der Waals surface area contributed by atoms with E-state index in [0.717, 1.165) is 30.5 Å². The molecule has 1 aliphatic heterocycles. The van der Waals surface area contributed by atoms with Crippen molar-refractivity contribution in [2.24, 2.45) is 18.7 Å². The van der Waals surface area contributed by atoms with Gasteiger partial charge in [-0.1, -0.05) is 6.07 Å². The van der Waals surface area contributed by atoms with Crippen LogP contribution in [0, 0.1) is 5.92 Å². The lowest BCUT2D eigenvalue weighted by Gasteiger charge is -2.27. The Morgan fingerprint density at radius 3 is 3.05 bits per heavy atom. The third-order valence-corrected chi connectivity index (χ3v) is 3.90. The smallest absolute Gasteiger partial charge is 0.408 e. The minimum atomic E-state index is -0.346. The molecule has 5 heteroatoms. The maximum Gasteiger partial charge on any atom is 0.419 e. The van der Waals surface area contributed by atoms with Crippen LogP contribution >= 0.6 is 0 Å². The van der Waals surface area contributed by atoms with Gasteiger partial charge in [-0.05, 0) is 30.5 Å². The third kappa shape index (κ3) is 2.19. The van der Waals surface area contributed by atoms with E-state index < -0.39 is 0 Å². The maximum absolute atomic E-state index is 11.5. The molecule has 0 bridgehead atoms. The van der Waals surface area contributed by atoms with Crippen molar-refractivity contribution in [3.8, 4) is 0 Å². The Balaban J connectivity index is 1.94. The van der Waals surface area contributed by atoms with Gasteiger partial charge in [0.25, 0.3) is 0 Å². The lowest BCUT2D eigenvalue weighted by Crippen LogP contribution is -2.28. The second kappa shape index (κ2) is 4.83. The Kier molecular flexibility index (Phi) is 3.16. The zero-order chi connectivity index (χ0) is 13.4. The monoisotopic (exact) mass is 262 g/mol. The number of aromatic nitrogens is 1. The highest BCUT2D eigenvalue weighted by molar-refractivity contribution is 5.73. The molecule has 2 unspecified atom stereocenters. The van der Waals surface area contributed by atoms with E-state index in [1.807, 2.05) is 18.2 Å². The number of rotatable bonds is 2. The topological polar surface area (TPSA) is 70.4 Å². The van der Waals surface area contributed by atoms with Gasteiger partial charge in [-0.15, -0.1) is 0 Å². The SMILES string of the molecule is Cn1c(=O)oc2cc(C(N)C3CCCOC3)ccc21. The number of nitrogens with zero attached hydrogens (tertiary/aromatic N) is 1. The van der Waals surface area contributed by atoms with Gasteiger partial charge in [-0.2, -0.15) is 0 Å². The lowest BCUT2D eigenvalue weighted by atomic mass is 9.89. The van der Waals surface area contributed by atoms with Gasteiger partial charge < -0.3 is 14.9 Å². The first-order valence-corrected chi connectivity index (χ1v) is 6.59.